The van der Waals surface area contributed by atoms with Crippen molar-refractivity contribution in [3.05, 3.63) is 188 Å². The molecule has 12 rings (SSSR count). The van der Waals surface area contributed by atoms with Gasteiger partial charge in [-0.3, -0.25) is 0 Å². The molecule has 0 saturated carbocycles. The van der Waals surface area contributed by atoms with E-state index in [2.05, 4.69) is 124 Å². The van der Waals surface area contributed by atoms with Gasteiger partial charge in [0, 0.05) is 54.7 Å². The Morgan fingerprint density at radius 3 is 1.53 bits per heavy atom. The van der Waals surface area contributed by atoms with Crippen LogP contribution in [0, 0.1) is 0 Å². The second-order valence-electron chi connectivity index (χ2n) is 14.4. The monoisotopic (exact) mass is 729 g/mol. The summed E-state index contributed by atoms with van der Waals surface area (Å²) in [6.07, 6.45) is 0. The highest BCUT2D eigenvalue weighted by atomic mass is 16.3. The van der Waals surface area contributed by atoms with E-state index in [4.69, 9.17) is 19.4 Å². The van der Waals surface area contributed by atoms with Crippen LogP contribution >= 0.6 is 0 Å². The summed E-state index contributed by atoms with van der Waals surface area (Å²) in [5.74, 6) is 1.83. The number of rotatable bonds is 5. The summed E-state index contributed by atoms with van der Waals surface area (Å²) in [6, 6.07) is 65.5. The number of aromatic nitrogens is 5. The first-order valence-electron chi connectivity index (χ1n) is 19.1. The maximum atomic E-state index is 6.92. The van der Waals surface area contributed by atoms with Crippen LogP contribution in [0.4, 0.5) is 0 Å². The van der Waals surface area contributed by atoms with Crippen LogP contribution in [0.25, 0.3) is 111 Å². The van der Waals surface area contributed by atoms with Gasteiger partial charge in [0.2, 0.25) is 0 Å². The number of para-hydroxylation sites is 4. The number of hydrogen-bond donors (Lipinski definition) is 0. The van der Waals surface area contributed by atoms with Crippen molar-refractivity contribution in [2.45, 2.75) is 0 Å². The first kappa shape index (κ1) is 31.5. The highest BCUT2D eigenvalue weighted by Crippen LogP contribution is 2.43. The summed E-state index contributed by atoms with van der Waals surface area (Å²) < 4.78 is 11.7. The molecular weight excluding hydrogens is 699 g/mol. The lowest BCUT2D eigenvalue weighted by molar-refractivity contribution is 0.666. The van der Waals surface area contributed by atoms with Crippen LogP contribution in [-0.2, 0) is 0 Å². The quantitative estimate of drug-likeness (QED) is 0.177. The molecule has 0 aliphatic rings. The Labute approximate surface area is 326 Å². The summed E-state index contributed by atoms with van der Waals surface area (Å²) in [4.78, 5) is 15.1. The second-order valence-corrected chi connectivity index (χ2v) is 14.4. The Hall–Kier alpha value is -7.83. The third-order valence-corrected chi connectivity index (χ3v) is 11.2. The fourth-order valence-corrected chi connectivity index (χ4v) is 8.67. The van der Waals surface area contributed by atoms with Gasteiger partial charge in [-0.15, -0.1) is 0 Å². The lowest BCUT2D eigenvalue weighted by Crippen LogP contribution is -2.00. The molecule has 0 bridgehead atoms. The predicted molar refractivity (Wildman–Crippen MR) is 232 cm³/mol. The lowest BCUT2D eigenvalue weighted by atomic mass is 10.0. The topological polar surface area (TPSA) is 61.7 Å². The molecule has 4 aromatic heterocycles. The number of fused-ring (bicyclic) bond motifs is 9. The summed E-state index contributed by atoms with van der Waals surface area (Å²) in [6.45, 7) is 0. The minimum absolute atomic E-state index is 0.593. The molecule has 0 spiro atoms. The van der Waals surface area contributed by atoms with Crippen LogP contribution in [0.15, 0.2) is 192 Å². The van der Waals surface area contributed by atoms with Crippen molar-refractivity contribution >= 4 is 65.6 Å². The van der Waals surface area contributed by atoms with Gasteiger partial charge >= 0.3 is 0 Å². The first-order valence-corrected chi connectivity index (χ1v) is 19.1. The minimum atomic E-state index is 0.593. The third-order valence-electron chi connectivity index (χ3n) is 11.2. The van der Waals surface area contributed by atoms with Crippen molar-refractivity contribution in [2.75, 3.05) is 0 Å². The smallest absolute Gasteiger partial charge is 0.164 e. The van der Waals surface area contributed by atoms with Crippen LogP contribution in [-0.4, -0.2) is 24.1 Å². The number of hydrogen-bond acceptors (Lipinski definition) is 4. The predicted octanol–water partition coefficient (Wildman–Crippen LogP) is 13.0. The van der Waals surface area contributed by atoms with Gasteiger partial charge in [-0.05, 0) is 48.5 Å². The molecule has 0 aliphatic carbocycles. The Morgan fingerprint density at radius 1 is 0.368 bits per heavy atom. The van der Waals surface area contributed by atoms with E-state index in [9.17, 15) is 0 Å². The normalized spacial score (nSPS) is 11.9. The van der Waals surface area contributed by atoms with E-state index >= 15 is 0 Å². The van der Waals surface area contributed by atoms with Crippen molar-refractivity contribution in [3.8, 4) is 45.5 Å². The van der Waals surface area contributed by atoms with Gasteiger partial charge in [-0.2, -0.15) is 0 Å². The molecule has 57 heavy (non-hydrogen) atoms. The van der Waals surface area contributed by atoms with Crippen molar-refractivity contribution in [3.63, 3.8) is 0 Å². The number of nitrogens with zero attached hydrogens (tertiary/aromatic N) is 5. The standard InChI is InChI=1S/C51H31N5O/c1-4-16-32(17-5-1)49-52-50(33-18-6-2-7-19-33)54-51(53-49)38-25-15-29-46-47(38)37-24-14-28-43(48(37)57-46)56-42-27-13-11-23-36(42)40-30-44-39(31-45(40)56)35-22-10-12-26-41(35)55(44)34-20-8-3-9-21-34/h1-31H. The SMILES string of the molecule is c1ccc(-c2nc(-c3ccccc3)nc(-c3cccc4oc5c(-n6c7ccccc7c7cc8c(cc76)c6ccccc6n8-c6ccccc6)cccc5c34)n2)cc1. The van der Waals surface area contributed by atoms with E-state index in [0.29, 0.717) is 17.5 Å². The molecule has 0 unspecified atom stereocenters. The first-order chi connectivity index (χ1) is 28.3. The van der Waals surface area contributed by atoms with Crippen molar-refractivity contribution in [2.24, 2.45) is 0 Å². The van der Waals surface area contributed by atoms with Crippen LogP contribution in [0.5, 0.6) is 0 Å². The summed E-state index contributed by atoms with van der Waals surface area (Å²) >= 11 is 0. The highest BCUT2D eigenvalue weighted by molar-refractivity contribution is 6.20. The molecule has 0 aliphatic heterocycles. The molecule has 0 fully saturated rings. The van der Waals surface area contributed by atoms with Crippen LogP contribution in [0.2, 0.25) is 0 Å². The maximum absolute atomic E-state index is 6.92. The summed E-state index contributed by atoms with van der Waals surface area (Å²) in [5.41, 5.74) is 11.0. The average Bonchev–Trinajstić information content (AvgIpc) is 3.94. The molecule has 0 N–H and O–H groups in total. The van der Waals surface area contributed by atoms with Gasteiger partial charge in [0.1, 0.15) is 5.58 Å². The van der Waals surface area contributed by atoms with Crippen molar-refractivity contribution < 1.29 is 4.42 Å². The Bertz CT molecular complexity index is 3450. The number of furan rings is 1. The second kappa shape index (κ2) is 12.3. The molecule has 12 aromatic rings. The van der Waals surface area contributed by atoms with Gasteiger partial charge in [-0.1, -0.05) is 140 Å². The molecule has 6 heteroatoms. The van der Waals surface area contributed by atoms with Gasteiger partial charge in [0.05, 0.1) is 27.8 Å². The molecular formula is C51H31N5O. The van der Waals surface area contributed by atoms with E-state index in [1.807, 2.05) is 72.8 Å². The van der Waals surface area contributed by atoms with Crippen LogP contribution < -0.4 is 0 Å². The van der Waals surface area contributed by atoms with E-state index in [1.54, 1.807) is 0 Å². The van der Waals surface area contributed by atoms with Gasteiger partial charge in [-0.25, -0.2) is 15.0 Å². The molecule has 0 amide bonds. The highest BCUT2D eigenvalue weighted by Gasteiger charge is 2.23. The molecule has 4 heterocycles. The maximum Gasteiger partial charge on any atom is 0.164 e. The average molecular weight is 730 g/mol. The van der Waals surface area contributed by atoms with E-state index in [1.165, 1.54) is 32.6 Å². The zero-order valence-electron chi connectivity index (χ0n) is 30.5. The Balaban J connectivity index is 1.12. The molecule has 0 atom stereocenters. The van der Waals surface area contributed by atoms with E-state index in [0.717, 1.165) is 61.0 Å². The zero-order chi connectivity index (χ0) is 37.5. The lowest BCUT2D eigenvalue weighted by Gasteiger charge is -2.10. The number of benzene rings is 8. The van der Waals surface area contributed by atoms with Crippen LogP contribution in [0.3, 0.4) is 0 Å². The van der Waals surface area contributed by atoms with Crippen molar-refractivity contribution in [1.82, 2.24) is 24.1 Å². The summed E-state index contributed by atoms with van der Waals surface area (Å²) in [7, 11) is 0. The fourth-order valence-electron chi connectivity index (χ4n) is 8.67. The molecule has 6 nitrogen and oxygen atoms in total. The van der Waals surface area contributed by atoms with E-state index in [-0.39, 0.29) is 0 Å². The zero-order valence-corrected chi connectivity index (χ0v) is 30.5. The molecule has 8 aromatic carbocycles. The molecule has 0 radical (unpaired) electrons. The Kier molecular flexibility index (Phi) is 6.83. The molecule has 0 saturated heterocycles. The Morgan fingerprint density at radius 2 is 0.877 bits per heavy atom. The minimum Gasteiger partial charge on any atom is -0.454 e. The fraction of sp³-hybridized carbons (Fsp3) is 0. The van der Waals surface area contributed by atoms with Crippen LogP contribution in [0.1, 0.15) is 0 Å². The third kappa shape index (κ3) is 4.81. The van der Waals surface area contributed by atoms with Gasteiger partial charge in [0.15, 0.2) is 23.1 Å². The largest absolute Gasteiger partial charge is 0.454 e. The summed E-state index contributed by atoms with van der Waals surface area (Å²) in [5, 5.41) is 6.73. The van der Waals surface area contributed by atoms with E-state index < -0.39 is 0 Å². The van der Waals surface area contributed by atoms with Gasteiger partial charge in [0.25, 0.3) is 0 Å². The molecule has 266 valence electrons. The van der Waals surface area contributed by atoms with Gasteiger partial charge < -0.3 is 13.6 Å². The van der Waals surface area contributed by atoms with Crippen molar-refractivity contribution in [1.29, 1.82) is 0 Å².